The Morgan fingerprint density at radius 1 is 1.35 bits per heavy atom. The summed E-state index contributed by atoms with van der Waals surface area (Å²) in [5.74, 6) is 0.848. The predicted octanol–water partition coefficient (Wildman–Crippen LogP) is 2.42. The van der Waals surface area contributed by atoms with Crippen LogP contribution in [0.1, 0.15) is 24.2 Å². The van der Waals surface area contributed by atoms with E-state index in [1.807, 2.05) is 42.1 Å². The highest BCUT2D eigenvalue weighted by Crippen LogP contribution is 2.12. The Hall–Kier alpha value is -1.85. The zero-order valence-corrected chi connectivity index (χ0v) is 14.0. The Bertz CT molecular complexity index is 625. The first-order valence-corrected chi connectivity index (χ1v) is 8.07. The Labute approximate surface area is 141 Å². The van der Waals surface area contributed by atoms with Gasteiger partial charge in [-0.1, -0.05) is 23.7 Å². The molecule has 0 aliphatic heterocycles. The number of carbonyl (C=O) groups is 1. The largest absolute Gasteiger partial charge is 0.395 e. The average molecular weight is 336 g/mol. The average Bonchev–Trinajstić information content (AvgIpc) is 2.94. The minimum absolute atomic E-state index is 0.0380. The molecule has 1 heterocycles. The maximum absolute atomic E-state index is 12.4. The first-order valence-electron chi connectivity index (χ1n) is 7.69. The molecule has 0 radical (unpaired) electrons. The normalized spacial score (nSPS) is 10.7. The van der Waals surface area contributed by atoms with Crippen LogP contribution in [0.25, 0.3) is 0 Å². The molecule has 1 amide bonds. The van der Waals surface area contributed by atoms with E-state index in [4.69, 9.17) is 11.6 Å². The molecule has 0 fully saturated rings. The monoisotopic (exact) mass is 335 g/mol. The summed E-state index contributed by atoms with van der Waals surface area (Å²) in [4.78, 5) is 18.3. The molecular formula is C17H22ClN3O2. The van der Waals surface area contributed by atoms with Gasteiger partial charge in [0.25, 0.3) is 0 Å². The summed E-state index contributed by atoms with van der Waals surface area (Å²) in [5.41, 5.74) is 1.17. The number of imidazole rings is 1. The van der Waals surface area contributed by atoms with Crippen LogP contribution in [0.4, 0.5) is 0 Å². The lowest BCUT2D eigenvalue weighted by molar-refractivity contribution is -0.132. The summed E-state index contributed by atoms with van der Waals surface area (Å²) >= 11 is 5.86. The standard InChI is InChI=1S/C17H22ClN3O2/c1-20-10-9-19-16(20)13-21(11-12-22)17(23)4-2-3-14-5-7-15(18)8-6-14/h5-10,22H,2-4,11-13H2,1H3. The van der Waals surface area contributed by atoms with E-state index < -0.39 is 0 Å². The highest BCUT2D eigenvalue weighted by Gasteiger charge is 2.15. The first kappa shape index (κ1) is 17.5. The third kappa shape index (κ3) is 5.37. The van der Waals surface area contributed by atoms with Gasteiger partial charge in [0.1, 0.15) is 5.82 Å². The van der Waals surface area contributed by atoms with Gasteiger partial charge in [0, 0.05) is 37.4 Å². The van der Waals surface area contributed by atoms with E-state index in [0.717, 1.165) is 18.7 Å². The number of hydrogen-bond donors (Lipinski definition) is 1. The number of aromatic nitrogens is 2. The van der Waals surface area contributed by atoms with Crippen molar-refractivity contribution in [3.05, 3.63) is 53.1 Å². The van der Waals surface area contributed by atoms with Crippen molar-refractivity contribution in [3.8, 4) is 0 Å². The number of amides is 1. The van der Waals surface area contributed by atoms with Crippen molar-refractivity contribution in [1.29, 1.82) is 0 Å². The second-order valence-corrected chi connectivity index (χ2v) is 5.91. The Morgan fingerprint density at radius 2 is 2.09 bits per heavy atom. The molecule has 0 bridgehead atoms. The van der Waals surface area contributed by atoms with Crippen LogP contribution in [0.15, 0.2) is 36.7 Å². The summed E-state index contributed by atoms with van der Waals surface area (Å²) < 4.78 is 1.88. The molecule has 0 spiro atoms. The fraction of sp³-hybridized carbons (Fsp3) is 0.412. The lowest BCUT2D eigenvalue weighted by Gasteiger charge is -2.21. The number of carbonyl (C=O) groups excluding carboxylic acids is 1. The number of benzene rings is 1. The summed E-state index contributed by atoms with van der Waals surface area (Å²) in [6, 6.07) is 7.67. The van der Waals surface area contributed by atoms with E-state index in [2.05, 4.69) is 4.98 Å². The number of rotatable bonds is 8. The van der Waals surface area contributed by atoms with Gasteiger partial charge in [0.2, 0.25) is 5.91 Å². The fourth-order valence-corrected chi connectivity index (χ4v) is 2.51. The third-order valence-electron chi connectivity index (χ3n) is 3.75. The fourth-order valence-electron chi connectivity index (χ4n) is 2.39. The minimum atomic E-state index is -0.0483. The van der Waals surface area contributed by atoms with Crippen LogP contribution in [0.2, 0.25) is 5.02 Å². The van der Waals surface area contributed by atoms with Crippen LogP contribution in [-0.2, 0) is 24.8 Å². The zero-order valence-electron chi connectivity index (χ0n) is 13.3. The number of aliphatic hydroxyl groups excluding tert-OH is 1. The van der Waals surface area contributed by atoms with E-state index in [1.165, 1.54) is 5.56 Å². The SMILES string of the molecule is Cn1ccnc1CN(CCO)C(=O)CCCc1ccc(Cl)cc1. The van der Waals surface area contributed by atoms with Crippen molar-refractivity contribution in [2.24, 2.45) is 7.05 Å². The van der Waals surface area contributed by atoms with Gasteiger partial charge in [-0.25, -0.2) is 4.98 Å². The second kappa shape index (κ2) is 8.70. The second-order valence-electron chi connectivity index (χ2n) is 5.47. The van der Waals surface area contributed by atoms with Crippen molar-refractivity contribution in [2.75, 3.05) is 13.2 Å². The van der Waals surface area contributed by atoms with Gasteiger partial charge in [-0.2, -0.15) is 0 Å². The lowest BCUT2D eigenvalue weighted by atomic mass is 10.1. The van der Waals surface area contributed by atoms with Gasteiger partial charge in [0.15, 0.2) is 0 Å². The number of hydrogen-bond acceptors (Lipinski definition) is 3. The molecule has 2 rings (SSSR count). The number of aryl methyl sites for hydroxylation is 2. The van der Waals surface area contributed by atoms with Crippen LogP contribution in [0, 0.1) is 0 Å². The van der Waals surface area contributed by atoms with Crippen molar-refractivity contribution in [3.63, 3.8) is 0 Å². The zero-order chi connectivity index (χ0) is 16.7. The molecule has 2 aromatic rings. The van der Waals surface area contributed by atoms with Gasteiger partial charge >= 0.3 is 0 Å². The molecule has 0 aliphatic carbocycles. The molecule has 1 aromatic heterocycles. The molecule has 0 saturated heterocycles. The Kier molecular flexibility index (Phi) is 6.62. The van der Waals surface area contributed by atoms with Gasteiger partial charge in [-0.3, -0.25) is 4.79 Å². The molecule has 124 valence electrons. The van der Waals surface area contributed by atoms with Crippen molar-refractivity contribution < 1.29 is 9.90 Å². The van der Waals surface area contributed by atoms with Crippen LogP contribution in [0.3, 0.4) is 0 Å². The molecule has 0 unspecified atom stereocenters. The molecule has 23 heavy (non-hydrogen) atoms. The number of nitrogens with zero attached hydrogens (tertiary/aromatic N) is 3. The lowest BCUT2D eigenvalue weighted by Crippen LogP contribution is -2.33. The quantitative estimate of drug-likeness (QED) is 0.806. The third-order valence-corrected chi connectivity index (χ3v) is 4.00. The summed E-state index contributed by atoms with van der Waals surface area (Å²) in [7, 11) is 1.89. The summed E-state index contributed by atoms with van der Waals surface area (Å²) in [6.07, 6.45) is 5.60. The predicted molar refractivity (Wildman–Crippen MR) is 90.1 cm³/mol. The molecule has 6 heteroatoms. The number of aliphatic hydroxyl groups is 1. The maximum Gasteiger partial charge on any atom is 0.223 e. The van der Waals surface area contributed by atoms with Crippen molar-refractivity contribution in [1.82, 2.24) is 14.5 Å². The van der Waals surface area contributed by atoms with Crippen molar-refractivity contribution >= 4 is 17.5 Å². The van der Waals surface area contributed by atoms with E-state index in [1.54, 1.807) is 11.1 Å². The molecule has 1 N–H and O–H groups in total. The van der Waals surface area contributed by atoms with E-state index in [0.29, 0.717) is 24.5 Å². The molecule has 5 nitrogen and oxygen atoms in total. The van der Waals surface area contributed by atoms with E-state index >= 15 is 0 Å². The maximum atomic E-state index is 12.4. The molecule has 0 aliphatic rings. The highest BCUT2D eigenvalue weighted by molar-refractivity contribution is 6.30. The van der Waals surface area contributed by atoms with E-state index in [-0.39, 0.29) is 12.5 Å². The van der Waals surface area contributed by atoms with Crippen LogP contribution in [-0.4, -0.2) is 38.6 Å². The Balaban J connectivity index is 1.85. The van der Waals surface area contributed by atoms with Gasteiger partial charge in [-0.15, -0.1) is 0 Å². The van der Waals surface area contributed by atoms with Crippen LogP contribution in [0.5, 0.6) is 0 Å². The Morgan fingerprint density at radius 3 is 2.70 bits per heavy atom. The van der Waals surface area contributed by atoms with Gasteiger partial charge in [-0.05, 0) is 30.5 Å². The summed E-state index contributed by atoms with van der Waals surface area (Å²) in [5, 5.41) is 9.90. The first-order chi connectivity index (χ1) is 11.1. The van der Waals surface area contributed by atoms with E-state index in [9.17, 15) is 9.90 Å². The minimum Gasteiger partial charge on any atom is -0.395 e. The molecular weight excluding hydrogens is 314 g/mol. The smallest absolute Gasteiger partial charge is 0.223 e. The van der Waals surface area contributed by atoms with Crippen LogP contribution >= 0.6 is 11.6 Å². The number of halogens is 1. The summed E-state index contributed by atoms with van der Waals surface area (Å²) in [6.45, 7) is 0.698. The van der Waals surface area contributed by atoms with Crippen LogP contribution < -0.4 is 0 Å². The van der Waals surface area contributed by atoms with Gasteiger partial charge in [0.05, 0.1) is 13.2 Å². The molecule has 1 aromatic carbocycles. The highest BCUT2D eigenvalue weighted by atomic mass is 35.5. The molecule has 0 saturated carbocycles. The molecule has 0 atom stereocenters. The van der Waals surface area contributed by atoms with Gasteiger partial charge < -0.3 is 14.6 Å². The van der Waals surface area contributed by atoms with Crippen molar-refractivity contribution in [2.45, 2.75) is 25.8 Å². The topological polar surface area (TPSA) is 58.4 Å².